The summed E-state index contributed by atoms with van der Waals surface area (Å²) in [5.41, 5.74) is 4.30. The van der Waals surface area contributed by atoms with Crippen LogP contribution >= 0.6 is 0 Å². The molecule has 0 amide bonds. The normalized spacial score (nSPS) is 25.8. The van der Waals surface area contributed by atoms with Crippen LogP contribution in [-0.2, 0) is 0 Å². The SMILES string of the molecule is C=C(c1ccc(-c2ccc(-n3ccnc3)cc2O)nn1)[C@@H]1CC2CC[C@@](C)(C1)N2. The zero-order valence-corrected chi connectivity index (χ0v) is 16.5. The van der Waals surface area contributed by atoms with E-state index in [0.717, 1.165) is 29.8 Å². The smallest absolute Gasteiger partial charge is 0.127 e. The van der Waals surface area contributed by atoms with Crippen LogP contribution in [0.25, 0.3) is 22.5 Å². The Labute approximate surface area is 170 Å². The van der Waals surface area contributed by atoms with Crippen molar-refractivity contribution in [2.75, 3.05) is 0 Å². The molecule has 1 aromatic carbocycles. The summed E-state index contributed by atoms with van der Waals surface area (Å²) in [6.07, 6.45) is 9.94. The zero-order chi connectivity index (χ0) is 20.0. The molecule has 2 bridgehead atoms. The van der Waals surface area contributed by atoms with E-state index in [1.54, 1.807) is 18.6 Å². The highest BCUT2D eigenvalue weighted by molar-refractivity contribution is 5.70. The fourth-order valence-corrected chi connectivity index (χ4v) is 4.87. The number of benzene rings is 1. The first-order valence-electron chi connectivity index (χ1n) is 10.1. The second-order valence-electron chi connectivity index (χ2n) is 8.58. The number of aromatic hydroxyl groups is 1. The number of rotatable bonds is 4. The molecule has 5 rings (SSSR count). The number of piperidine rings is 1. The summed E-state index contributed by atoms with van der Waals surface area (Å²) in [5, 5.41) is 23.1. The predicted octanol–water partition coefficient (Wildman–Crippen LogP) is 3.97. The lowest BCUT2D eigenvalue weighted by atomic mass is 9.80. The highest BCUT2D eigenvalue weighted by Gasteiger charge is 2.42. The number of phenolic OH excluding ortho intramolecular Hbond substituents is 1. The van der Waals surface area contributed by atoms with Gasteiger partial charge in [-0.25, -0.2) is 4.98 Å². The molecular formula is C23H25N5O. The van der Waals surface area contributed by atoms with Crippen molar-refractivity contribution in [3.63, 3.8) is 0 Å². The van der Waals surface area contributed by atoms with Crippen LogP contribution in [0.15, 0.2) is 55.6 Å². The van der Waals surface area contributed by atoms with Gasteiger partial charge in [0, 0.05) is 35.6 Å². The molecule has 2 aromatic heterocycles. The Hall–Kier alpha value is -2.99. The minimum atomic E-state index is 0.167. The summed E-state index contributed by atoms with van der Waals surface area (Å²) < 4.78 is 1.84. The van der Waals surface area contributed by atoms with Crippen LogP contribution in [0.5, 0.6) is 5.75 Å². The molecule has 3 atom stereocenters. The summed E-state index contributed by atoms with van der Waals surface area (Å²) in [7, 11) is 0. The maximum Gasteiger partial charge on any atom is 0.127 e. The Morgan fingerprint density at radius 2 is 2.17 bits per heavy atom. The quantitative estimate of drug-likeness (QED) is 0.708. The van der Waals surface area contributed by atoms with Crippen LogP contribution in [0.2, 0.25) is 0 Å². The average molecular weight is 387 g/mol. The van der Waals surface area contributed by atoms with E-state index in [9.17, 15) is 5.11 Å². The van der Waals surface area contributed by atoms with E-state index in [1.807, 2.05) is 35.0 Å². The van der Waals surface area contributed by atoms with E-state index >= 15 is 0 Å². The van der Waals surface area contributed by atoms with Crippen molar-refractivity contribution in [2.24, 2.45) is 5.92 Å². The first-order valence-corrected chi connectivity index (χ1v) is 10.1. The second-order valence-corrected chi connectivity index (χ2v) is 8.58. The molecule has 3 aromatic rings. The Morgan fingerprint density at radius 1 is 1.28 bits per heavy atom. The fourth-order valence-electron chi connectivity index (χ4n) is 4.87. The third kappa shape index (κ3) is 3.34. The van der Waals surface area contributed by atoms with E-state index in [1.165, 1.54) is 12.8 Å². The first-order chi connectivity index (χ1) is 14.0. The van der Waals surface area contributed by atoms with Crippen molar-refractivity contribution < 1.29 is 5.11 Å². The van der Waals surface area contributed by atoms with Gasteiger partial charge in [0.05, 0.1) is 23.4 Å². The maximum atomic E-state index is 10.5. The summed E-state index contributed by atoms with van der Waals surface area (Å²) >= 11 is 0. The molecule has 148 valence electrons. The molecule has 29 heavy (non-hydrogen) atoms. The third-order valence-corrected chi connectivity index (χ3v) is 6.41. The van der Waals surface area contributed by atoms with Gasteiger partial charge >= 0.3 is 0 Å². The summed E-state index contributed by atoms with van der Waals surface area (Å²) in [5.74, 6) is 0.608. The second kappa shape index (κ2) is 6.81. The minimum Gasteiger partial charge on any atom is -0.507 e. The zero-order valence-electron chi connectivity index (χ0n) is 16.5. The largest absolute Gasteiger partial charge is 0.507 e. The number of hydrogen-bond acceptors (Lipinski definition) is 5. The van der Waals surface area contributed by atoms with Gasteiger partial charge in [-0.2, -0.15) is 5.10 Å². The fraction of sp³-hybridized carbons (Fsp3) is 0.348. The Balaban J connectivity index is 1.36. The molecule has 0 spiro atoms. The number of phenols is 1. The molecule has 6 heteroatoms. The standard InChI is InChI=1S/C23H25N5O/c1-15(16-11-17-7-8-23(2,13-16)25-17)20-5-6-21(27-26-20)19-4-3-18(12-22(19)29)28-10-9-24-14-28/h3-6,9-10,12,14,16-17,25,29H,1,7-8,11,13H2,2H3/t16-,17?,23+/m1/s1. The van der Waals surface area contributed by atoms with Crippen molar-refractivity contribution in [3.8, 4) is 22.7 Å². The summed E-state index contributed by atoms with van der Waals surface area (Å²) in [6, 6.07) is 9.97. The topological polar surface area (TPSA) is 75.9 Å². The molecule has 2 fully saturated rings. The lowest BCUT2D eigenvalue weighted by Crippen LogP contribution is -2.47. The van der Waals surface area contributed by atoms with Crippen molar-refractivity contribution in [3.05, 3.63) is 61.3 Å². The van der Waals surface area contributed by atoms with Gasteiger partial charge in [-0.05, 0) is 68.4 Å². The Bertz CT molecular complexity index is 1040. The molecule has 2 aliphatic heterocycles. The van der Waals surface area contributed by atoms with E-state index < -0.39 is 0 Å². The van der Waals surface area contributed by atoms with Crippen molar-refractivity contribution in [2.45, 2.75) is 44.2 Å². The summed E-state index contributed by atoms with van der Waals surface area (Å²) in [4.78, 5) is 4.04. The molecule has 1 unspecified atom stereocenters. The van der Waals surface area contributed by atoms with Gasteiger partial charge in [0.15, 0.2) is 0 Å². The highest BCUT2D eigenvalue weighted by Crippen LogP contribution is 2.43. The Kier molecular flexibility index (Phi) is 4.24. The van der Waals surface area contributed by atoms with Crippen molar-refractivity contribution in [1.29, 1.82) is 0 Å². The van der Waals surface area contributed by atoms with E-state index in [-0.39, 0.29) is 11.3 Å². The number of allylic oxidation sites excluding steroid dienone is 1. The number of aromatic nitrogens is 4. The van der Waals surface area contributed by atoms with Gasteiger partial charge in [-0.15, -0.1) is 5.10 Å². The van der Waals surface area contributed by atoms with Crippen LogP contribution in [-0.4, -0.2) is 36.4 Å². The first kappa shape index (κ1) is 18.1. The highest BCUT2D eigenvalue weighted by atomic mass is 16.3. The monoisotopic (exact) mass is 387 g/mol. The number of nitrogens with zero attached hydrogens (tertiary/aromatic N) is 4. The lowest BCUT2D eigenvalue weighted by molar-refractivity contribution is 0.261. The molecule has 0 saturated carbocycles. The van der Waals surface area contributed by atoms with Gasteiger partial charge in [0.1, 0.15) is 5.75 Å². The molecule has 2 saturated heterocycles. The van der Waals surface area contributed by atoms with Gasteiger partial charge in [0.2, 0.25) is 0 Å². The molecule has 0 radical (unpaired) electrons. The third-order valence-electron chi connectivity index (χ3n) is 6.41. The van der Waals surface area contributed by atoms with Crippen molar-refractivity contribution >= 4 is 5.57 Å². The average Bonchev–Trinajstić information content (AvgIpc) is 3.35. The number of hydrogen-bond donors (Lipinski definition) is 2. The number of fused-ring (bicyclic) bond motifs is 2. The van der Waals surface area contributed by atoms with Crippen molar-refractivity contribution in [1.82, 2.24) is 25.1 Å². The van der Waals surface area contributed by atoms with Crippen LogP contribution in [0.4, 0.5) is 0 Å². The van der Waals surface area contributed by atoms with Crippen LogP contribution in [0.3, 0.4) is 0 Å². The van der Waals surface area contributed by atoms with E-state index in [0.29, 0.717) is 23.2 Å². The maximum absolute atomic E-state index is 10.5. The number of imidazole rings is 1. The van der Waals surface area contributed by atoms with Gasteiger partial charge in [-0.3, -0.25) is 0 Å². The van der Waals surface area contributed by atoms with E-state index in [4.69, 9.17) is 0 Å². The molecule has 2 aliphatic rings. The molecule has 0 aliphatic carbocycles. The molecule has 2 N–H and O–H groups in total. The molecule has 6 nitrogen and oxygen atoms in total. The van der Waals surface area contributed by atoms with Gasteiger partial charge in [-0.1, -0.05) is 6.58 Å². The molecule has 4 heterocycles. The number of nitrogens with one attached hydrogen (secondary N) is 1. The predicted molar refractivity (Wildman–Crippen MR) is 113 cm³/mol. The lowest BCUT2D eigenvalue weighted by Gasteiger charge is -2.37. The molecular weight excluding hydrogens is 362 g/mol. The van der Waals surface area contributed by atoms with Gasteiger partial charge in [0.25, 0.3) is 0 Å². The van der Waals surface area contributed by atoms with Gasteiger partial charge < -0.3 is 15.0 Å². The summed E-state index contributed by atoms with van der Waals surface area (Å²) in [6.45, 7) is 6.67. The van der Waals surface area contributed by atoms with Crippen LogP contribution in [0.1, 0.15) is 38.3 Å². The van der Waals surface area contributed by atoms with Crippen LogP contribution < -0.4 is 5.32 Å². The van der Waals surface area contributed by atoms with E-state index in [2.05, 4.69) is 34.0 Å². The Morgan fingerprint density at radius 3 is 2.86 bits per heavy atom. The van der Waals surface area contributed by atoms with Crippen LogP contribution in [0, 0.1) is 5.92 Å². The minimum absolute atomic E-state index is 0.167.